The number of carbonyl (C=O) groups excluding carboxylic acids is 1. The van der Waals surface area contributed by atoms with E-state index in [1.165, 1.54) is 0 Å². The van der Waals surface area contributed by atoms with Gasteiger partial charge in [0.2, 0.25) is 5.91 Å². The molecule has 0 saturated carbocycles. The highest BCUT2D eigenvalue weighted by atomic mass is 35.5. The molecule has 0 aliphatic carbocycles. The summed E-state index contributed by atoms with van der Waals surface area (Å²) in [6.45, 7) is 3.32. The molecule has 1 aliphatic rings. The first-order valence-electron chi connectivity index (χ1n) is 5.05. The summed E-state index contributed by atoms with van der Waals surface area (Å²) in [5.74, 6) is 0.0247. The van der Waals surface area contributed by atoms with E-state index < -0.39 is 0 Å². The zero-order chi connectivity index (χ0) is 11.7. The fourth-order valence-electron chi connectivity index (χ4n) is 1.45. The number of aryl methyl sites for hydroxylation is 1. The molecular weight excluding hydrogens is 247 g/mol. The van der Waals surface area contributed by atoms with Crippen molar-refractivity contribution in [3.63, 3.8) is 0 Å². The summed E-state index contributed by atoms with van der Waals surface area (Å²) in [6.07, 6.45) is 0. The highest BCUT2D eigenvalue weighted by molar-refractivity contribution is 6.36. The Morgan fingerprint density at radius 1 is 1.38 bits per heavy atom. The van der Waals surface area contributed by atoms with Crippen molar-refractivity contribution >= 4 is 34.8 Å². The molecule has 1 aliphatic heterocycles. The lowest BCUT2D eigenvalue weighted by Gasteiger charge is -2.26. The molecule has 0 unspecified atom stereocenters. The summed E-state index contributed by atoms with van der Waals surface area (Å²) in [6, 6.07) is 3.43. The first-order chi connectivity index (χ1) is 7.58. The molecule has 86 valence electrons. The van der Waals surface area contributed by atoms with Crippen LogP contribution in [0.5, 0.6) is 0 Å². The number of amides is 1. The topological polar surface area (TPSA) is 41.1 Å². The lowest BCUT2D eigenvalue weighted by molar-refractivity contribution is -0.121. The molecule has 0 radical (unpaired) electrons. The molecule has 2 N–H and O–H groups in total. The lowest BCUT2D eigenvalue weighted by Crippen LogP contribution is -2.48. The monoisotopic (exact) mass is 258 g/mol. The van der Waals surface area contributed by atoms with E-state index in [2.05, 4.69) is 10.6 Å². The van der Waals surface area contributed by atoms with Crippen molar-refractivity contribution in [1.29, 1.82) is 0 Å². The molecule has 1 aromatic carbocycles. The standard InChI is InChI=1S/C11H12Cl2N2O/c1-6-2-9(13)10(3-8(6)12)15-11(16)7-4-14-5-7/h2-3,7,14H,4-5H2,1H3,(H,15,16). The molecule has 0 spiro atoms. The fraction of sp³-hybridized carbons (Fsp3) is 0.364. The molecule has 0 bridgehead atoms. The van der Waals surface area contributed by atoms with Gasteiger partial charge >= 0.3 is 0 Å². The van der Waals surface area contributed by atoms with Crippen LogP contribution in [0.2, 0.25) is 10.0 Å². The SMILES string of the molecule is Cc1cc(Cl)c(NC(=O)C2CNC2)cc1Cl. The Morgan fingerprint density at radius 3 is 2.62 bits per heavy atom. The number of carbonyl (C=O) groups is 1. The average Bonchev–Trinajstić information content (AvgIpc) is 2.11. The third kappa shape index (κ3) is 2.32. The van der Waals surface area contributed by atoms with Crippen LogP contribution in [0.4, 0.5) is 5.69 Å². The van der Waals surface area contributed by atoms with Crippen molar-refractivity contribution in [3.8, 4) is 0 Å². The molecule has 3 nitrogen and oxygen atoms in total. The van der Waals surface area contributed by atoms with Gasteiger partial charge in [-0.05, 0) is 24.6 Å². The third-order valence-electron chi connectivity index (χ3n) is 2.66. The molecule has 1 saturated heterocycles. The Labute approximate surface area is 104 Å². The molecule has 1 heterocycles. The minimum atomic E-state index is -0.0134. The van der Waals surface area contributed by atoms with Gasteiger partial charge in [0.1, 0.15) is 0 Å². The van der Waals surface area contributed by atoms with Gasteiger partial charge in [0.05, 0.1) is 16.6 Å². The number of anilines is 1. The predicted octanol–water partition coefficient (Wildman–Crippen LogP) is 2.46. The van der Waals surface area contributed by atoms with Crippen molar-refractivity contribution < 1.29 is 4.79 Å². The normalized spacial score (nSPS) is 15.7. The largest absolute Gasteiger partial charge is 0.324 e. The van der Waals surface area contributed by atoms with Gasteiger partial charge in [-0.1, -0.05) is 23.2 Å². The van der Waals surface area contributed by atoms with Crippen LogP contribution < -0.4 is 10.6 Å². The second-order valence-electron chi connectivity index (χ2n) is 3.93. The quantitative estimate of drug-likeness (QED) is 0.856. The summed E-state index contributed by atoms with van der Waals surface area (Å²) in [5, 5.41) is 6.95. The molecule has 0 atom stereocenters. The highest BCUT2D eigenvalue weighted by Gasteiger charge is 2.25. The summed E-state index contributed by atoms with van der Waals surface area (Å²) in [7, 11) is 0. The summed E-state index contributed by atoms with van der Waals surface area (Å²) >= 11 is 12.0. The van der Waals surface area contributed by atoms with Crippen LogP contribution in [0.1, 0.15) is 5.56 Å². The van der Waals surface area contributed by atoms with Gasteiger partial charge in [-0.15, -0.1) is 0 Å². The maximum absolute atomic E-state index is 11.7. The van der Waals surface area contributed by atoms with E-state index in [9.17, 15) is 4.79 Å². The molecule has 1 amide bonds. The molecule has 1 fully saturated rings. The van der Waals surface area contributed by atoms with Crippen LogP contribution in [0, 0.1) is 12.8 Å². The number of hydrogen-bond donors (Lipinski definition) is 2. The van der Waals surface area contributed by atoms with E-state index in [0.29, 0.717) is 15.7 Å². The lowest BCUT2D eigenvalue weighted by atomic mass is 10.0. The fourth-order valence-corrected chi connectivity index (χ4v) is 1.88. The van der Waals surface area contributed by atoms with Crippen LogP contribution in [-0.4, -0.2) is 19.0 Å². The van der Waals surface area contributed by atoms with Crippen LogP contribution in [-0.2, 0) is 4.79 Å². The predicted molar refractivity (Wildman–Crippen MR) is 66.2 cm³/mol. The summed E-state index contributed by atoms with van der Waals surface area (Å²) < 4.78 is 0. The van der Waals surface area contributed by atoms with Crippen LogP contribution in [0.25, 0.3) is 0 Å². The van der Waals surface area contributed by atoms with Crippen molar-refractivity contribution in [2.45, 2.75) is 6.92 Å². The molecule has 1 aromatic rings. The smallest absolute Gasteiger partial charge is 0.230 e. The molecular formula is C11H12Cl2N2O. The van der Waals surface area contributed by atoms with Gasteiger partial charge in [0, 0.05) is 18.1 Å². The van der Waals surface area contributed by atoms with E-state index in [-0.39, 0.29) is 11.8 Å². The van der Waals surface area contributed by atoms with E-state index in [4.69, 9.17) is 23.2 Å². The van der Waals surface area contributed by atoms with Crippen molar-refractivity contribution in [2.75, 3.05) is 18.4 Å². The maximum Gasteiger partial charge on any atom is 0.230 e. The molecule has 16 heavy (non-hydrogen) atoms. The number of nitrogens with one attached hydrogen (secondary N) is 2. The Balaban J connectivity index is 2.14. The van der Waals surface area contributed by atoms with Crippen LogP contribution in [0.15, 0.2) is 12.1 Å². The van der Waals surface area contributed by atoms with Gasteiger partial charge in [-0.3, -0.25) is 4.79 Å². The maximum atomic E-state index is 11.7. The first-order valence-corrected chi connectivity index (χ1v) is 5.80. The van der Waals surface area contributed by atoms with E-state index in [1.807, 2.05) is 6.92 Å². The van der Waals surface area contributed by atoms with Gasteiger partial charge < -0.3 is 10.6 Å². The van der Waals surface area contributed by atoms with Crippen LogP contribution >= 0.6 is 23.2 Å². The highest BCUT2D eigenvalue weighted by Crippen LogP contribution is 2.29. The van der Waals surface area contributed by atoms with Gasteiger partial charge in [-0.25, -0.2) is 0 Å². The van der Waals surface area contributed by atoms with Gasteiger partial charge in [0.25, 0.3) is 0 Å². The second kappa shape index (κ2) is 4.62. The van der Waals surface area contributed by atoms with Crippen LogP contribution in [0.3, 0.4) is 0 Å². The van der Waals surface area contributed by atoms with Gasteiger partial charge in [0.15, 0.2) is 0 Å². The van der Waals surface area contributed by atoms with Crippen molar-refractivity contribution in [2.24, 2.45) is 5.92 Å². The first kappa shape index (κ1) is 11.7. The Kier molecular flexibility index (Phi) is 3.38. The number of hydrogen-bond acceptors (Lipinski definition) is 2. The van der Waals surface area contributed by atoms with Crippen molar-refractivity contribution in [1.82, 2.24) is 5.32 Å². The number of halogens is 2. The molecule has 0 aromatic heterocycles. The summed E-state index contributed by atoms with van der Waals surface area (Å²) in [5.41, 5.74) is 1.48. The van der Waals surface area contributed by atoms with Crippen molar-refractivity contribution in [3.05, 3.63) is 27.7 Å². The van der Waals surface area contributed by atoms with E-state index in [0.717, 1.165) is 18.7 Å². The Bertz CT molecular complexity index is 430. The summed E-state index contributed by atoms with van der Waals surface area (Å²) in [4.78, 5) is 11.7. The molecule has 5 heteroatoms. The second-order valence-corrected chi connectivity index (χ2v) is 4.74. The zero-order valence-electron chi connectivity index (χ0n) is 8.81. The average molecular weight is 259 g/mol. The Hall–Kier alpha value is -0.770. The van der Waals surface area contributed by atoms with E-state index in [1.54, 1.807) is 12.1 Å². The number of rotatable bonds is 2. The Morgan fingerprint density at radius 2 is 2.06 bits per heavy atom. The van der Waals surface area contributed by atoms with E-state index >= 15 is 0 Å². The zero-order valence-corrected chi connectivity index (χ0v) is 10.3. The number of benzene rings is 1. The van der Waals surface area contributed by atoms with Gasteiger partial charge in [-0.2, -0.15) is 0 Å². The molecule has 2 rings (SSSR count). The minimum Gasteiger partial charge on any atom is -0.324 e. The minimum absolute atomic E-state index is 0.0134. The third-order valence-corrected chi connectivity index (χ3v) is 3.38.